The van der Waals surface area contributed by atoms with Gasteiger partial charge in [-0.2, -0.15) is 0 Å². The van der Waals surface area contributed by atoms with Crippen molar-refractivity contribution >= 4 is 11.6 Å². The molecule has 162 valence electrons. The average molecular weight is 414 g/mol. The molecule has 3 rings (SSSR count). The van der Waals surface area contributed by atoms with Gasteiger partial charge in [-0.1, -0.05) is 24.3 Å². The van der Waals surface area contributed by atoms with Crippen molar-refractivity contribution < 1.29 is 19.0 Å². The molecule has 2 aromatic rings. The number of nitrogens with one attached hydrogen (secondary N) is 1. The summed E-state index contributed by atoms with van der Waals surface area (Å²) in [6, 6.07) is 15.9. The second kappa shape index (κ2) is 10.8. The fourth-order valence-corrected chi connectivity index (χ4v) is 3.48. The van der Waals surface area contributed by atoms with Gasteiger partial charge >= 0.3 is 0 Å². The van der Waals surface area contributed by atoms with E-state index in [1.54, 1.807) is 19.2 Å². The van der Waals surface area contributed by atoms with Gasteiger partial charge in [0.25, 0.3) is 5.91 Å². The number of rotatable bonds is 9. The van der Waals surface area contributed by atoms with Crippen molar-refractivity contribution in [1.29, 1.82) is 0 Å². The van der Waals surface area contributed by atoms with Crippen molar-refractivity contribution in [2.75, 3.05) is 65.6 Å². The molecule has 1 amide bonds. The topological polar surface area (TPSA) is 63.3 Å². The lowest BCUT2D eigenvalue weighted by atomic mass is 10.0. The van der Waals surface area contributed by atoms with Gasteiger partial charge in [-0.3, -0.25) is 9.69 Å². The molecule has 0 radical (unpaired) electrons. The van der Waals surface area contributed by atoms with Crippen molar-refractivity contribution in [3.8, 4) is 11.5 Å². The van der Waals surface area contributed by atoms with Crippen LogP contribution < -0.4 is 19.7 Å². The van der Waals surface area contributed by atoms with Gasteiger partial charge in [0.15, 0.2) is 18.1 Å². The van der Waals surface area contributed by atoms with E-state index < -0.39 is 0 Å². The van der Waals surface area contributed by atoms with Crippen molar-refractivity contribution in [2.24, 2.45) is 0 Å². The Morgan fingerprint density at radius 1 is 1.10 bits per heavy atom. The third-order valence-corrected chi connectivity index (χ3v) is 5.20. The molecule has 0 aliphatic carbocycles. The van der Waals surface area contributed by atoms with E-state index >= 15 is 0 Å². The Morgan fingerprint density at radius 2 is 1.77 bits per heavy atom. The highest BCUT2D eigenvalue weighted by Crippen LogP contribution is 2.26. The summed E-state index contributed by atoms with van der Waals surface area (Å²) in [7, 11) is 5.63. The Morgan fingerprint density at radius 3 is 2.40 bits per heavy atom. The van der Waals surface area contributed by atoms with E-state index in [9.17, 15) is 4.79 Å². The van der Waals surface area contributed by atoms with E-state index in [-0.39, 0.29) is 18.6 Å². The van der Waals surface area contributed by atoms with Gasteiger partial charge in [0, 0.05) is 39.4 Å². The van der Waals surface area contributed by atoms with Crippen LogP contribution in [0.4, 0.5) is 5.69 Å². The molecule has 1 N–H and O–H groups in total. The summed E-state index contributed by atoms with van der Waals surface area (Å²) in [5, 5.41) is 3.03. The molecule has 1 fully saturated rings. The zero-order chi connectivity index (χ0) is 21.3. The molecule has 0 spiro atoms. The third-order valence-electron chi connectivity index (χ3n) is 5.20. The number of carbonyl (C=O) groups is 1. The Labute approximate surface area is 178 Å². The van der Waals surface area contributed by atoms with E-state index in [0.29, 0.717) is 31.3 Å². The molecular formula is C23H31N3O4. The van der Waals surface area contributed by atoms with E-state index in [1.165, 1.54) is 5.56 Å². The zero-order valence-electron chi connectivity index (χ0n) is 18.0. The lowest BCUT2D eigenvalue weighted by Crippen LogP contribution is -2.44. The molecule has 1 saturated heterocycles. The normalized spacial score (nSPS) is 15.3. The molecule has 0 aromatic heterocycles. The molecule has 1 aliphatic rings. The molecule has 1 heterocycles. The Balaban J connectivity index is 1.62. The number of morpholine rings is 1. The predicted octanol–water partition coefficient (Wildman–Crippen LogP) is 2.33. The first-order chi connectivity index (χ1) is 14.6. The van der Waals surface area contributed by atoms with Crippen molar-refractivity contribution in [2.45, 2.75) is 6.04 Å². The summed E-state index contributed by atoms with van der Waals surface area (Å²) in [6.45, 7) is 3.54. The molecule has 7 nitrogen and oxygen atoms in total. The van der Waals surface area contributed by atoms with Gasteiger partial charge in [-0.25, -0.2) is 0 Å². The fourth-order valence-electron chi connectivity index (χ4n) is 3.48. The molecule has 0 saturated carbocycles. The molecule has 7 heteroatoms. The van der Waals surface area contributed by atoms with Gasteiger partial charge in [0.2, 0.25) is 0 Å². The van der Waals surface area contributed by atoms with Crippen LogP contribution in [0.2, 0.25) is 0 Å². The lowest BCUT2D eigenvalue weighted by Gasteiger charge is -2.35. The molecule has 1 aliphatic heterocycles. The minimum Gasteiger partial charge on any atom is -0.493 e. The van der Waals surface area contributed by atoms with Crippen molar-refractivity contribution in [1.82, 2.24) is 10.2 Å². The third kappa shape index (κ3) is 5.87. The van der Waals surface area contributed by atoms with Gasteiger partial charge in [-0.15, -0.1) is 0 Å². The van der Waals surface area contributed by atoms with Crippen LogP contribution in [0.25, 0.3) is 0 Å². The number of benzene rings is 2. The number of carbonyl (C=O) groups excluding carboxylic acids is 1. The minimum absolute atomic E-state index is 0.0598. The van der Waals surface area contributed by atoms with Gasteiger partial charge < -0.3 is 24.4 Å². The number of nitrogens with zero attached hydrogens (tertiary/aromatic N) is 2. The standard InChI is InChI=1S/C23H31N3O4/c1-25(2)19-10-8-18(9-11-19)20(26-12-14-29-15-13-26)16-24-23(27)17-30-22-7-5-4-6-21(22)28-3/h4-11,20H,12-17H2,1-3H3,(H,24,27). The maximum atomic E-state index is 12.5. The van der Waals surface area contributed by atoms with Gasteiger partial charge in [0.1, 0.15) is 0 Å². The maximum Gasteiger partial charge on any atom is 0.258 e. The van der Waals surface area contributed by atoms with Crippen LogP contribution in [0.1, 0.15) is 11.6 Å². The molecule has 30 heavy (non-hydrogen) atoms. The Hall–Kier alpha value is -2.77. The summed E-state index contributed by atoms with van der Waals surface area (Å²) >= 11 is 0. The monoisotopic (exact) mass is 413 g/mol. The highest BCUT2D eigenvalue weighted by Gasteiger charge is 2.23. The Bertz CT molecular complexity index is 804. The van der Waals surface area contributed by atoms with Crippen LogP contribution in [-0.4, -0.2) is 71.5 Å². The molecular weight excluding hydrogens is 382 g/mol. The smallest absolute Gasteiger partial charge is 0.258 e. The highest BCUT2D eigenvalue weighted by atomic mass is 16.5. The van der Waals surface area contributed by atoms with E-state index in [1.807, 2.05) is 26.2 Å². The van der Waals surface area contributed by atoms with Crippen LogP contribution in [0.3, 0.4) is 0 Å². The van der Waals surface area contributed by atoms with Crippen molar-refractivity contribution in [3.63, 3.8) is 0 Å². The van der Waals surface area contributed by atoms with Gasteiger partial charge in [-0.05, 0) is 29.8 Å². The second-order valence-corrected chi connectivity index (χ2v) is 7.39. The van der Waals surface area contributed by atoms with Crippen LogP contribution in [0, 0.1) is 0 Å². The summed E-state index contributed by atoms with van der Waals surface area (Å²) in [5.74, 6) is 1.00. The summed E-state index contributed by atoms with van der Waals surface area (Å²) in [6.07, 6.45) is 0. The first-order valence-corrected chi connectivity index (χ1v) is 10.2. The number of hydrogen-bond acceptors (Lipinski definition) is 6. The van der Waals surface area contributed by atoms with Crippen LogP contribution in [0.5, 0.6) is 11.5 Å². The van der Waals surface area contributed by atoms with E-state index in [2.05, 4.69) is 39.4 Å². The highest BCUT2D eigenvalue weighted by molar-refractivity contribution is 5.77. The number of ether oxygens (including phenoxy) is 3. The summed E-state index contributed by atoms with van der Waals surface area (Å²) in [4.78, 5) is 16.9. The van der Waals surface area contributed by atoms with Crippen LogP contribution >= 0.6 is 0 Å². The number of methoxy groups -OCH3 is 1. The van der Waals surface area contributed by atoms with Crippen LogP contribution in [0.15, 0.2) is 48.5 Å². The first-order valence-electron chi connectivity index (χ1n) is 10.2. The van der Waals surface area contributed by atoms with E-state index in [4.69, 9.17) is 14.2 Å². The zero-order valence-corrected chi connectivity index (χ0v) is 18.0. The number of amides is 1. The molecule has 0 bridgehead atoms. The second-order valence-electron chi connectivity index (χ2n) is 7.39. The average Bonchev–Trinajstić information content (AvgIpc) is 2.79. The Kier molecular flexibility index (Phi) is 7.93. The molecule has 2 aromatic carbocycles. The largest absolute Gasteiger partial charge is 0.493 e. The number of para-hydroxylation sites is 2. The first kappa shape index (κ1) is 21.9. The van der Waals surface area contributed by atoms with E-state index in [0.717, 1.165) is 18.8 Å². The molecule has 1 unspecified atom stereocenters. The summed E-state index contributed by atoms with van der Waals surface area (Å²) in [5.41, 5.74) is 2.32. The summed E-state index contributed by atoms with van der Waals surface area (Å²) < 4.78 is 16.4. The minimum atomic E-state index is -0.163. The maximum absolute atomic E-state index is 12.5. The van der Waals surface area contributed by atoms with Gasteiger partial charge in [0.05, 0.1) is 26.4 Å². The number of anilines is 1. The quantitative estimate of drug-likeness (QED) is 0.681. The van der Waals surface area contributed by atoms with Crippen molar-refractivity contribution in [3.05, 3.63) is 54.1 Å². The SMILES string of the molecule is COc1ccccc1OCC(=O)NCC(c1ccc(N(C)C)cc1)N1CCOCC1. The molecule has 1 atom stereocenters. The number of hydrogen-bond donors (Lipinski definition) is 1. The van der Waals surface area contributed by atoms with Crippen LogP contribution in [-0.2, 0) is 9.53 Å². The lowest BCUT2D eigenvalue weighted by molar-refractivity contribution is -0.123. The fraction of sp³-hybridized carbons (Fsp3) is 0.435. The predicted molar refractivity (Wildman–Crippen MR) is 117 cm³/mol.